The van der Waals surface area contributed by atoms with Gasteiger partial charge in [0.15, 0.2) is 0 Å². The van der Waals surface area contributed by atoms with Crippen LogP contribution in [-0.4, -0.2) is 53.0 Å². The lowest BCUT2D eigenvalue weighted by Gasteiger charge is -2.18. The largest absolute Gasteiger partial charge is 0.377 e. The number of carbonyl (C=O) groups is 2. The van der Waals surface area contributed by atoms with Crippen molar-refractivity contribution in [1.29, 1.82) is 5.26 Å². The summed E-state index contributed by atoms with van der Waals surface area (Å²) in [4.78, 5) is 30.8. The van der Waals surface area contributed by atoms with Gasteiger partial charge in [0.2, 0.25) is 5.91 Å². The normalized spacial score (nSPS) is 17.5. The van der Waals surface area contributed by atoms with Crippen molar-refractivity contribution in [2.24, 2.45) is 0 Å². The number of hydrogen-bond acceptors (Lipinski definition) is 6. The number of hydrogen-bond donors (Lipinski definition) is 1. The second-order valence-corrected chi connectivity index (χ2v) is 7.20. The molecule has 0 saturated carbocycles. The number of nitrogens with one attached hydrogen (secondary N) is 1. The van der Waals surface area contributed by atoms with Crippen molar-refractivity contribution in [3.8, 4) is 6.07 Å². The van der Waals surface area contributed by atoms with E-state index in [1.807, 2.05) is 25.1 Å². The molecule has 7 nitrogen and oxygen atoms in total. The van der Waals surface area contributed by atoms with Gasteiger partial charge < -0.3 is 15.0 Å². The van der Waals surface area contributed by atoms with E-state index in [0.29, 0.717) is 28.1 Å². The number of aromatic nitrogens is 1. The Bertz CT molecular complexity index is 911. The fourth-order valence-corrected chi connectivity index (χ4v) is 4.00. The van der Waals surface area contributed by atoms with Gasteiger partial charge in [-0.3, -0.25) is 14.6 Å². The molecule has 3 rings (SSSR count). The topological polar surface area (TPSA) is 95.3 Å². The number of methoxy groups -OCH3 is 1. The summed E-state index contributed by atoms with van der Waals surface area (Å²) in [6.45, 7) is 1.78. The minimum Gasteiger partial charge on any atom is -0.377 e. The summed E-state index contributed by atoms with van der Waals surface area (Å²) in [5, 5.41) is 12.5. The highest BCUT2D eigenvalue weighted by atomic mass is 32.2. The summed E-state index contributed by atoms with van der Waals surface area (Å²) in [5.74, 6) is 0.472. The highest BCUT2D eigenvalue weighted by molar-refractivity contribution is 7.99. The van der Waals surface area contributed by atoms with Gasteiger partial charge in [-0.05, 0) is 30.7 Å². The third-order valence-electron chi connectivity index (χ3n) is 4.59. The number of nitrogens with zero attached hydrogens (tertiary/aromatic N) is 3. The molecular formula is C19H20N4O3S. The van der Waals surface area contributed by atoms with Crippen molar-refractivity contribution in [2.45, 2.75) is 19.1 Å². The van der Waals surface area contributed by atoms with Crippen LogP contribution in [0.5, 0.6) is 0 Å². The fourth-order valence-electron chi connectivity index (χ4n) is 2.90. The van der Waals surface area contributed by atoms with Crippen molar-refractivity contribution in [3.05, 3.63) is 41.6 Å². The van der Waals surface area contributed by atoms with Crippen molar-refractivity contribution in [2.75, 3.05) is 25.3 Å². The van der Waals surface area contributed by atoms with E-state index in [2.05, 4.69) is 16.4 Å². The van der Waals surface area contributed by atoms with Crippen LogP contribution >= 0.6 is 11.8 Å². The smallest absolute Gasteiger partial charge is 0.252 e. The number of rotatable bonds is 5. The summed E-state index contributed by atoms with van der Waals surface area (Å²) in [7, 11) is 1.63. The van der Waals surface area contributed by atoms with Crippen molar-refractivity contribution < 1.29 is 14.3 Å². The molecule has 2 aromatic rings. The molecule has 2 atom stereocenters. The lowest BCUT2D eigenvalue weighted by atomic mass is 10.0. The first kappa shape index (κ1) is 19.1. The number of thioether (sulfide) groups is 1. The van der Waals surface area contributed by atoms with E-state index in [4.69, 9.17) is 10.00 Å². The number of pyridine rings is 1. The van der Waals surface area contributed by atoms with Gasteiger partial charge in [-0.15, -0.1) is 11.8 Å². The zero-order valence-electron chi connectivity index (χ0n) is 15.1. The van der Waals surface area contributed by atoms with E-state index in [1.165, 1.54) is 16.7 Å². The Morgan fingerprint density at radius 1 is 1.48 bits per heavy atom. The molecule has 1 aromatic carbocycles. The van der Waals surface area contributed by atoms with E-state index >= 15 is 0 Å². The molecule has 0 bridgehead atoms. The summed E-state index contributed by atoms with van der Waals surface area (Å²) in [5.41, 5.74) is 2.08. The molecule has 0 unspecified atom stereocenters. The average molecular weight is 384 g/mol. The summed E-state index contributed by atoms with van der Waals surface area (Å²) in [6.07, 6.45) is 1.46. The van der Waals surface area contributed by atoms with E-state index in [-0.39, 0.29) is 24.5 Å². The first-order valence-electron chi connectivity index (χ1n) is 8.51. The summed E-state index contributed by atoms with van der Waals surface area (Å²) < 4.78 is 5.34. The Labute approximate surface area is 161 Å². The van der Waals surface area contributed by atoms with Crippen LogP contribution in [0.4, 0.5) is 0 Å². The lowest BCUT2D eigenvalue weighted by Crippen LogP contribution is -2.42. The van der Waals surface area contributed by atoms with Gasteiger partial charge in [0.05, 0.1) is 35.7 Å². The van der Waals surface area contributed by atoms with Crippen LogP contribution in [0.3, 0.4) is 0 Å². The SMILES string of the molecule is CO[C@H](C)c1ccc2nccc(C(=O)NCC(=O)N3CSC[C@H]3C#N)c2c1. The average Bonchev–Trinajstić information content (AvgIpc) is 3.19. The van der Waals surface area contributed by atoms with E-state index < -0.39 is 6.04 Å². The van der Waals surface area contributed by atoms with Gasteiger partial charge in [0.25, 0.3) is 5.91 Å². The summed E-state index contributed by atoms with van der Waals surface area (Å²) >= 11 is 1.53. The number of nitriles is 1. The van der Waals surface area contributed by atoms with Crippen molar-refractivity contribution >= 4 is 34.5 Å². The number of benzene rings is 1. The Kier molecular flexibility index (Phi) is 5.94. The van der Waals surface area contributed by atoms with Crippen LogP contribution in [0.25, 0.3) is 10.9 Å². The Hall–Kier alpha value is -2.63. The van der Waals surface area contributed by atoms with Gasteiger partial charge in [-0.2, -0.15) is 5.26 Å². The molecule has 1 N–H and O–H groups in total. The maximum absolute atomic E-state index is 12.7. The van der Waals surface area contributed by atoms with Crippen LogP contribution in [-0.2, 0) is 9.53 Å². The first-order valence-corrected chi connectivity index (χ1v) is 9.67. The first-order chi connectivity index (χ1) is 13.0. The van der Waals surface area contributed by atoms with Crippen LogP contribution < -0.4 is 5.32 Å². The van der Waals surface area contributed by atoms with E-state index in [9.17, 15) is 9.59 Å². The highest BCUT2D eigenvalue weighted by Gasteiger charge is 2.29. The molecule has 1 aliphatic rings. The van der Waals surface area contributed by atoms with Crippen molar-refractivity contribution in [3.63, 3.8) is 0 Å². The zero-order valence-corrected chi connectivity index (χ0v) is 16.0. The van der Waals surface area contributed by atoms with Gasteiger partial charge in [0, 0.05) is 24.4 Å². The molecule has 140 valence electrons. The molecule has 2 heterocycles. The molecule has 1 aliphatic heterocycles. The molecular weight excluding hydrogens is 364 g/mol. The molecule has 1 fully saturated rings. The standard InChI is InChI=1S/C19H20N4O3S/c1-12(26-2)13-3-4-17-16(7-13)15(5-6-21-17)19(25)22-9-18(24)23-11-27-10-14(23)8-20/h3-7,12,14H,9-11H2,1-2H3,(H,22,25)/t12-,14-/m1/s1. The second kappa shape index (κ2) is 8.37. The molecule has 2 amide bonds. The van der Waals surface area contributed by atoms with Gasteiger partial charge in [-0.1, -0.05) is 6.07 Å². The monoisotopic (exact) mass is 384 g/mol. The van der Waals surface area contributed by atoms with Crippen LogP contribution in [0.15, 0.2) is 30.5 Å². The third-order valence-corrected chi connectivity index (χ3v) is 5.60. The molecule has 1 aromatic heterocycles. The van der Waals surface area contributed by atoms with Crippen LogP contribution in [0.1, 0.15) is 28.9 Å². The predicted octanol–water partition coefficient (Wildman–Crippen LogP) is 2.10. The minimum atomic E-state index is -0.431. The lowest BCUT2D eigenvalue weighted by molar-refractivity contribution is -0.129. The number of amides is 2. The Balaban J connectivity index is 1.77. The Morgan fingerprint density at radius 2 is 2.30 bits per heavy atom. The maximum Gasteiger partial charge on any atom is 0.252 e. The minimum absolute atomic E-state index is 0.109. The van der Waals surface area contributed by atoms with E-state index in [1.54, 1.807) is 19.4 Å². The van der Waals surface area contributed by atoms with Gasteiger partial charge in [0.1, 0.15) is 6.04 Å². The number of fused-ring (bicyclic) bond motifs is 1. The van der Waals surface area contributed by atoms with Crippen molar-refractivity contribution in [1.82, 2.24) is 15.2 Å². The Morgan fingerprint density at radius 3 is 3.04 bits per heavy atom. The molecule has 0 radical (unpaired) electrons. The highest BCUT2D eigenvalue weighted by Crippen LogP contribution is 2.24. The fraction of sp³-hybridized carbons (Fsp3) is 0.368. The third kappa shape index (κ3) is 4.04. The quantitative estimate of drug-likeness (QED) is 0.848. The van der Waals surface area contributed by atoms with Crippen LogP contribution in [0.2, 0.25) is 0 Å². The molecule has 8 heteroatoms. The maximum atomic E-state index is 12.7. The molecule has 0 aliphatic carbocycles. The number of carbonyl (C=O) groups excluding carboxylic acids is 2. The van der Waals surface area contributed by atoms with Crippen LogP contribution in [0, 0.1) is 11.3 Å². The van der Waals surface area contributed by atoms with Gasteiger partial charge in [-0.25, -0.2) is 0 Å². The zero-order chi connectivity index (χ0) is 19.4. The second-order valence-electron chi connectivity index (χ2n) is 6.20. The predicted molar refractivity (Wildman–Crippen MR) is 103 cm³/mol. The molecule has 27 heavy (non-hydrogen) atoms. The summed E-state index contributed by atoms with van der Waals surface area (Å²) in [6, 6.07) is 8.96. The molecule has 1 saturated heterocycles. The van der Waals surface area contributed by atoms with Gasteiger partial charge >= 0.3 is 0 Å². The number of ether oxygens (including phenoxy) is 1. The van der Waals surface area contributed by atoms with E-state index in [0.717, 1.165) is 5.56 Å². The molecule has 0 spiro atoms.